The fraction of sp³-hybridized carbons (Fsp3) is 0.556. The fourth-order valence-electron chi connectivity index (χ4n) is 3.20. The van der Waals surface area contributed by atoms with Gasteiger partial charge in [0.2, 0.25) is 11.8 Å². The van der Waals surface area contributed by atoms with Crippen LogP contribution in [0, 0.1) is 6.92 Å². The minimum atomic E-state index is -0.152. The maximum atomic E-state index is 12.7. The molecule has 1 saturated heterocycles. The Hall–Kier alpha value is -2.44. The molecule has 0 spiro atoms. The third kappa shape index (κ3) is 3.65. The molecule has 1 amide bonds. The van der Waals surface area contributed by atoms with E-state index >= 15 is 0 Å². The highest BCUT2D eigenvalue weighted by molar-refractivity contribution is 5.76. The van der Waals surface area contributed by atoms with Crippen LogP contribution in [0.2, 0.25) is 0 Å². The number of carbonyl (C=O) groups is 1. The first-order valence-electron chi connectivity index (χ1n) is 8.77. The summed E-state index contributed by atoms with van der Waals surface area (Å²) in [7, 11) is 0. The summed E-state index contributed by atoms with van der Waals surface area (Å²) in [6.45, 7) is 6.95. The van der Waals surface area contributed by atoms with E-state index in [1.807, 2.05) is 26.8 Å². The first-order valence-corrected chi connectivity index (χ1v) is 8.77. The molecule has 7 nitrogen and oxygen atoms in total. The Morgan fingerprint density at radius 1 is 1.40 bits per heavy atom. The summed E-state index contributed by atoms with van der Waals surface area (Å²) in [5.74, 6) is 1.39. The van der Waals surface area contributed by atoms with Crippen LogP contribution in [-0.4, -0.2) is 32.1 Å². The van der Waals surface area contributed by atoms with Crippen molar-refractivity contribution in [3.8, 4) is 0 Å². The third-order valence-electron chi connectivity index (χ3n) is 4.65. The number of pyridine rings is 1. The van der Waals surface area contributed by atoms with E-state index in [1.165, 1.54) is 6.07 Å². The number of hydrogen-bond acceptors (Lipinski definition) is 5. The molecular weight excluding hydrogens is 320 g/mol. The molecule has 1 aliphatic heterocycles. The minimum absolute atomic E-state index is 0.0157. The summed E-state index contributed by atoms with van der Waals surface area (Å²) in [5, 5.41) is 4.00. The van der Waals surface area contributed by atoms with E-state index in [1.54, 1.807) is 15.5 Å². The first-order chi connectivity index (χ1) is 12.0. The zero-order chi connectivity index (χ0) is 18.0. The van der Waals surface area contributed by atoms with Crippen LogP contribution in [0.15, 0.2) is 27.5 Å². The van der Waals surface area contributed by atoms with Crippen LogP contribution in [0.1, 0.15) is 62.5 Å². The van der Waals surface area contributed by atoms with Crippen molar-refractivity contribution in [2.45, 2.75) is 58.5 Å². The second kappa shape index (κ2) is 7.21. The van der Waals surface area contributed by atoms with E-state index in [2.05, 4.69) is 10.1 Å². The molecule has 7 heteroatoms. The van der Waals surface area contributed by atoms with Gasteiger partial charge in [-0.2, -0.15) is 4.98 Å². The molecule has 2 aromatic rings. The van der Waals surface area contributed by atoms with Crippen molar-refractivity contribution >= 4 is 5.91 Å². The van der Waals surface area contributed by atoms with E-state index < -0.39 is 0 Å². The van der Waals surface area contributed by atoms with Crippen molar-refractivity contribution < 1.29 is 9.32 Å². The molecule has 0 aliphatic carbocycles. The molecule has 1 aliphatic rings. The maximum absolute atomic E-state index is 12.7. The molecule has 0 radical (unpaired) electrons. The van der Waals surface area contributed by atoms with Gasteiger partial charge in [0.25, 0.3) is 5.56 Å². The average molecular weight is 344 g/mol. The first kappa shape index (κ1) is 17.4. The van der Waals surface area contributed by atoms with Crippen LogP contribution in [0.5, 0.6) is 0 Å². The van der Waals surface area contributed by atoms with Crippen molar-refractivity contribution in [1.29, 1.82) is 0 Å². The Morgan fingerprint density at radius 3 is 2.88 bits per heavy atom. The monoisotopic (exact) mass is 344 g/mol. The van der Waals surface area contributed by atoms with Crippen molar-refractivity contribution in [2.75, 3.05) is 6.54 Å². The molecule has 134 valence electrons. The number of aromatic nitrogens is 3. The normalized spacial score (nSPS) is 17.4. The zero-order valence-corrected chi connectivity index (χ0v) is 14.9. The van der Waals surface area contributed by atoms with Gasteiger partial charge in [-0.3, -0.25) is 9.59 Å². The number of hydrogen-bond donors (Lipinski definition) is 0. The topological polar surface area (TPSA) is 81.2 Å². The molecular formula is C18H24N4O3. The Balaban J connectivity index is 1.69. The summed E-state index contributed by atoms with van der Waals surface area (Å²) >= 11 is 0. The molecule has 25 heavy (non-hydrogen) atoms. The summed E-state index contributed by atoms with van der Waals surface area (Å²) in [4.78, 5) is 30.9. The van der Waals surface area contributed by atoms with Crippen LogP contribution >= 0.6 is 0 Å². The summed E-state index contributed by atoms with van der Waals surface area (Å²) in [6, 6.07) is 4.97. The van der Waals surface area contributed by atoms with E-state index in [0.29, 0.717) is 24.8 Å². The lowest BCUT2D eigenvalue weighted by molar-refractivity contribution is -0.132. The van der Waals surface area contributed by atoms with Crippen molar-refractivity contribution in [2.24, 2.45) is 0 Å². The molecule has 3 heterocycles. The van der Waals surface area contributed by atoms with Gasteiger partial charge in [0.05, 0.1) is 0 Å². The number of carbonyl (C=O) groups excluding carboxylic acids is 1. The van der Waals surface area contributed by atoms with Gasteiger partial charge in [-0.15, -0.1) is 0 Å². The number of amides is 1. The van der Waals surface area contributed by atoms with E-state index in [0.717, 1.165) is 18.5 Å². The van der Waals surface area contributed by atoms with Crippen molar-refractivity contribution in [3.05, 3.63) is 46.0 Å². The van der Waals surface area contributed by atoms with E-state index in [-0.39, 0.29) is 29.8 Å². The minimum Gasteiger partial charge on any atom is -0.337 e. The third-order valence-corrected chi connectivity index (χ3v) is 4.65. The number of nitrogens with zero attached hydrogens (tertiary/aromatic N) is 4. The van der Waals surface area contributed by atoms with Crippen LogP contribution in [0.3, 0.4) is 0 Å². The van der Waals surface area contributed by atoms with Crippen LogP contribution in [0.25, 0.3) is 0 Å². The molecule has 0 bridgehead atoms. The number of aryl methyl sites for hydroxylation is 1. The van der Waals surface area contributed by atoms with Gasteiger partial charge in [-0.1, -0.05) is 25.1 Å². The summed E-state index contributed by atoms with van der Waals surface area (Å²) in [5.41, 5.74) is 0.779. The average Bonchev–Trinajstić information content (AvgIpc) is 3.23. The van der Waals surface area contributed by atoms with Gasteiger partial charge < -0.3 is 14.0 Å². The second-order valence-electron chi connectivity index (χ2n) is 6.80. The number of rotatable bonds is 5. The smallest absolute Gasteiger partial charge is 0.250 e. The summed E-state index contributed by atoms with van der Waals surface area (Å²) in [6.07, 6.45) is 2.03. The van der Waals surface area contributed by atoms with Crippen molar-refractivity contribution in [3.63, 3.8) is 0 Å². The Labute approximate surface area is 146 Å². The second-order valence-corrected chi connectivity index (χ2v) is 6.80. The standard InChI is InChI=1S/C18H24N4O3/c1-12(2)17-19-18(25-20-17)14-7-5-10-22(14)16(24)9-11-21-13(3)6-4-8-15(21)23/h4,6,8,12,14H,5,7,9-11H2,1-3H3/t14-/m1/s1. The predicted molar refractivity (Wildman–Crippen MR) is 92.1 cm³/mol. The van der Waals surface area contributed by atoms with Crippen LogP contribution < -0.4 is 5.56 Å². The summed E-state index contributed by atoms with van der Waals surface area (Å²) < 4.78 is 7.01. The highest BCUT2D eigenvalue weighted by Crippen LogP contribution is 2.32. The van der Waals surface area contributed by atoms with Crippen LogP contribution in [-0.2, 0) is 11.3 Å². The predicted octanol–water partition coefficient (Wildman–Crippen LogP) is 2.42. The Kier molecular flexibility index (Phi) is 5.01. The number of likely N-dealkylation sites (tertiary alicyclic amines) is 1. The molecule has 0 unspecified atom stereocenters. The molecule has 2 aromatic heterocycles. The Morgan fingerprint density at radius 2 is 2.20 bits per heavy atom. The molecule has 0 aromatic carbocycles. The fourth-order valence-corrected chi connectivity index (χ4v) is 3.20. The van der Waals surface area contributed by atoms with Gasteiger partial charge >= 0.3 is 0 Å². The highest BCUT2D eigenvalue weighted by Gasteiger charge is 2.33. The SMILES string of the molecule is Cc1cccc(=O)n1CCC(=O)N1CCC[C@@H]1c1nc(C(C)C)no1. The lowest BCUT2D eigenvalue weighted by atomic mass is 10.2. The lowest BCUT2D eigenvalue weighted by Gasteiger charge is -2.22. The highest BCUT2D eigenvalue weighted by atomic mass is 16.5. The molecule has 0 N–H and O–H groups in total. The van der Waals surface area contributed by atoms with Crippen molar-refractivity contribution in [1.82, 2.24) is 19.6 Å². The molecule has 1 atom stereocenters. The van der Waals surface area contributed by atoms with Gasteiger partial charge in [-0.05, 0) is 25.8 Å². The van der Waals surface area contributed by atoms with Crippen LogP contribution in [0.4, 0.5) is 0 Å². The quantitative estimate of drug-likeness (QED) is 0.832. The van der Waals surface area contributed by atoms with Gasteiger partial charge in [0, 0.05) is 37.2 Å². The lowest BCUT2D eigenvalue weighted by Crippen LogP contribution is -2.32. The van der Waals surface area contributed by atoms with E-state index in [4.69, 9.17) is 4.52 Å². The molecule has 0 saturated carbocycles. The van der Waals surface area contributed by atoms with Gasteiger partial charge in [0.15, 0.2) is 5.82 Å². The van der Waals surface area contributed by atoms with E-state index in [9.17, 15) is 9.59 Å². The van der Waals surface area contributed by atoms with Gasteiger partial charge in [0.1, 0.15) is 6.04 Å². The molecule has 3 rings (SSSR count). The Bertz CT molecular complexity index is 809. The largest absolute Gasteiger partial charge is 0.337 e. The molecule has 1 fully saturated rings. The zero-order valence-electron chi connectivity index (χ0n) is 14.9. The maximum Gasteiger partial charge on any atom is 0.250 e. The van der Waals surface area contributed by atoms with Gasteiger partial charge in [-0.25, -0.2) is 0 Å².